The molecule has 11 heteroatoms. The molecule has 0 radical (unpaired) electrons. The van der Waals surface area contributed by atoms with Crippen molar-refractivity contribution in [3.05, 3.63) is 33.1 Å². The molecular weight excluding hydrogens is 362 g/mol. The number of hydrogen-bond donors (Lipinski definition) is 3. The summed E-state index contributed by atoms with van der Waals surface area (Å²) in [5.41, 5.74) is -3.30. The second-order valence-electron chi connectivity index (χ2n) is 6.47. The Morgan fingerprint density at radius 1 is 1.48 bits per heavy atom. The van der Waals surface area contributed by atoms with Gasteiger partial charge in [-0.3, -0.25) is 14.3 Å². The molecule has 27 heavy (non-hydrogen) atoms. The smallest absolute Gasteiger partial charge is 0.432 e. The fraction of sp³-hybridized carbons (Fsp3) is 0.625. The topological polar surface area (TPSA) is 164 Å². The molecule has 0 bridgehead atoms. The number of nitriles is 1. The highest BCUT2D eigenvalue weighted by atomic mass is 16.8. The second kappa shape index (κ2) is 8.34. The second-order valence-corrected chi connectivity index (χ2v) is 6.47. The Labute approximate surface area is 153 Å². The van der Waals surface area contributed by atoms with Gasteiger partial charge in [0.15, 0.2) is 12.3 Å². The summed E-state index contributed by atoms with van der Waals surface area (Å²) in [6.07, 6.45) is -3.25. The summed E-state index contributed by atoms with van der Waals surface area (Å²) < 4.78 is 15.5. The number of aromatic nitrogens is 2. The van der Waals surface area contributed by atoms with Crippen molar-refractivity contribution in [2.75, 3.05) is 13.4 Å². The first-order valence-corrected chi connectivity index (χ1v) is 8.22. The van der Waals surface area contributed by atoms with Gasteiger partial charge in [0.05, 0.1) is 24.9 Å². The molecule has 2 rings (SSSR count). The van der Waals surface area contributed by atoms with Crippen LogP contribution in [0.4, 0.5) is 4.79 Å². The number of carbonyl (C=O) groups is 1. The summed E-state index contributed by atoms with van der Waals surface area (Å²) in [7, 11) is 0. The lowest BCUT2D eigenvalue weighted by Gasteiger charge is -2.27. The SMILES string of the molecule is CC(C)OC(=O)OCOC[C@H]1C[C@@](C#N)(n2ccc(=O)[nH]c2=O)C(O)C1O. The van der Waals surface area contributed by atoms with Crippen LogP contribution in [0, 0.1) is 17.2 Å². The molecule has 148 valence electrons. The van der Waals surface area contributed by atoms with Gasteiger partial charge in [-0.25, -0.2) is 9.59 Å². The van der Waals surface area contributed by atoms with E-state index in [1.807, 2.05) is 11.1 Å². The van der Waals surface area contributed by atoms with Crippen molar-refractivity contribution in [3.63, 3.8) is 0 Å². The Hall–Kier alpha value is -2.68. The van der Waals surface area contributed by atoms with Crippen LogP contribution in [0.1, 0.15) is 20.3 Å². The van der Waals surface area contributed by atoms with Crippen LogP contribution in [0.15, 0.2) is 21.9 Å². The van der Waals surface area contributed by atoms with E-state index in [0.29, 0.717) is 0 Å². The van der Waals surface area contributed by atoms with Gasteiger partial charge in [0.25, 0.3) is 5.56 Å². The molecule has 0 amide bonds. The highest BCUT2D eigenvalue weighted by molar-refractivity contribution is 5.59. The molecule has 1 aromatic heterocycles. The molecule has 0 aliphatic heterocycles. The zero-order chi connectivity index (χ0) is 20.2. The maximum absolute atomic E-state index is 12.0. The summed E-state index contributed by atoms with van der Waals surface area (Å²) in [5.74, 6) is -0.719. The van der Waals surface area contributed by atoms with Crippen molar-refractivity contribution in [2.24, 2.45) is 5.92 Å². The van der Waals surface area contributed by atoms with Gasteiger partial charge in [0, 0.05) is 18.2 Å². The molecule has 11 nitrogen and oxygen atoms in total. The molecule has 1 aromatic rings. The summed E-state index contributed by atoms with van der Waals surface area (Å²) in [6.45, 7) is 2.72. The van der Waals surface area contributed by atoms with Gasteiger partial charge in [-0.2, -0.15) is 5.26 Å². The Morgan fingerprint density at radius 2 is 2.19 bits per heavy atom. The predicted molar refractivity (Wildman–Crippen MR) is 88.6 cm³/mol. The van der Waals surface area contributed by atoms with Gasteiger partial charge in [-0.05, 0) is 20.3 Å². The number of nitrogens with zero attached hydrogens (tertiary/aromatic N) is 2. The van der Waals surface area contributed by atoms with E-state index in [2.05, 4.69) is 4.74 Å². The van der Waals surface area contributed by atoms with Gasteiger partial charge in [0.1, 0.15) is 6.10 Å². The number of rotatable bonds is 6. The normalized spacial score (nSPS) is 27.3. The number of ether oxygens (including phenoxy) is 3. The number of aliphatic hydroxyl groups excluding tert-OH is 2. The largest absolute Gasteiger partial charge is 0.510 e. The molecule has 1 aliphatic rings. The molecule has 3 N–H and O–H groups in total. The quantitative estimate of drug-likeness (QED) is 0.318. The van der Waals surface area contributed by atoms with Crippen LogP contribution in [-0.2, 0) is 19.7 Å². The van der Waals surface area contributed by atoms with E-state index in [1.54, 1.807) is 13.8 Å². The Kier molecular flexibility index (Phi) is 6.37. The number of H-pyrrole nitrogens is 1. The number of nitrogens with one attached hydrogen (secondary N) is 1. The van der Waals surface area contributed by atoms with E-state index in [-0.39, 0.29) is 19.1 Å². The van der Waals surface area contributed by atoms with Crippen molar-refractivity contribution >= 4 is 6.16 Å². The lowest BCUT2D eigenvalue weighted by Crippen LogP contribution is -2.49. The molecule has 1 heterocycles. The Bertz CT molecular complexity index is 826. The fourth-order valence-electron chi connectivity index (χ4n) is 2.99. The molecule has 0 saturated heterocycles. The van der Waals surface area contributed by atoms with Crippen molar-refractivity contribution in [1.82, 2.24) is 9.55 Å². The molecule has 1 aliphatic carbocycles. The molecule has 0 spiro atoms. The molecular formula is C16H21N3O8. The highest BCUT2D eigenvalue weighted by Crippen LogP contribution is 2.39. The third-order valence-corrected chi connectivity index (χ3v) is 4.24. The monoisotopic (exact) mass is 383 g/mol. The standard InChI is InChI=1S/C16H21N3O8/c1-9(2)27-15(24)26-8-25-6-10-5-16(7-17,13(22)12(10)21)19-4-3-11(20)18-14(19)23/h3-4,9-10,12-13,21-22H,5-6,8H2,1-2H3,(H,18,20,23)/t10-,12?,13?,16+/m1/s1. The first kappa shape index (κ1) is 20.6. The summed E-state index contributed by atoms with van der Waals surface area (Å²) >= 11 is 0. The van der Waals surface area contributed by atoms with Crippen molar-refractivity contribution in [3.8, 4) is 6.07 Å². The zero-order valence-corrected chi connectivity index (χ0v) is 14.8. The molecule has 2 unspecified atom stereocenters. The van der Waals surface area contributed by atoms with E-state index >= 15 is 0 Å². The third-order valence-electron chi connectivity index (χ3n) is 4.24. The van der Waals surface area contributed by atoms with Crippen LogP contribution in [0.5, 0.6) is 0 Å². The van der Waals surface area contributed by atoms with Crippen LogP contribution >= 0.6 is 0 Å². The van der Waals surface area contributed by atoms with Crippen LogP contribution in [0.25, 0.3) is 0 Å². The minimum atomic E-state index is -1.77. The molecule has 1 fully saturated rings. The average Bonchev–Trinajstić information content (AvgIpc) is 2.83. The lowest BCUT2D eigenvalue weighted by molar-refractivity contribution is -0.0753. The van der Waals surface area contributed by atoms with Crippen LogP contribution < -0.4 is 11.2 Å². The number of hydrogen-bond acceptors (Lipinski definition) is 9. The van der Waals surface area contributed by atoms with E-state index in [0.717, 1.165) is 16.8 Å². The maximum atomic E-state index is 12.0. The first-order chi connectivity index (χ1) is 12.7. The van der Waals surface area contributed by atoms with E-state index in [4.69, 9.17) is 9.47 Å². The minimum Gasteiger partial charge on any atom is -0.432 e. The van der Waals surface area contributed by atoms with Gasteiger partial charge in [-0.15, -0.1) is 0 Å². The Morgan fingerprint density at radius 3 is 2.78 bits per heavy atom. The summed E-state index contributed by atoms with van der Waals surface area (Å²) in [4.78, 5) is 36.5. The predicted octanol–water partition coefficient (Wildman–Crippen LogP) is -0.967. The van der Waals surface area contributed by atoms with Gasteiger partial charge < -0.3 is 24.4 Å². The van der Waals surface area contributed by atoms with Crippen LogP contribution in [0.3, 0.4) is 0 Å². The molecule has 1 saturated carbocycles. The molecule has 0 aromatic carbocycles. The summed E-state index contributed by atoms with van der Waals surface area (Å²) in [6, 6.07) is 2.90. The van der Waals surface area contributed by atoms with Gasteiger partial charge in [-0.1, -0.05) is 0 Å². The van der Waals surface area contributed by atoms with Crippen molar-refractivity contribution in [1.29, 1.82) is 5.26 Å². The number of aromatic amines is 1. The zero-order valence-electron chi connectivity index (χ0n) is 14.8. The van der Waals surface area contributed by atoms with Crippen molar-refractivity contribution in [2.45, 2.75) is 44.1 Å². The van der Waals surface area contributed by atoms with Crippen LogP contribution in [-0.4, -0.2) is 57.6 Å². The average molecular weight is 383 g/mol. The van der Waals surface area contributed by atoms with E-state index in [1.165, 1.54) is 0 Å². The van der Waals surface area contributed by atoms with Gasteiger partial charge in [0.2, 0.25) is 0 Å². The minimum absolute atomic E-state index is 0.117. The first-order valence-electron chi connectivity index (χ1n) is 8.22. The Balaban J connectivity index is 2.05. The van der Waals surface area contributed by atoms with Crippen molar-refractivity contribution < 1.29 is 29.2 Å². The lowest BCUT2D eigenvalue weighted by atomic mass is 9.95. The summed E-state index contributed by atoms with van der Waals surface area (Å²) in [5, 5.41) is 30.2. The number of carbonyl (C=O) groups excluding carboxylic acids is 1. The third kappa shape index (κ3) is 4.36. The maximum Gasteiger partial charge on any atom is 0.510 e. The van der Waals surface area contributed by atoms with E-state index < -0.39 is 47.9 Å². The van der Waals surface area contributed by atoms with Crippen LogP contribution in [0.2, 0.25) is 0 Å². The van der Waals surface area contributed by atoms with E-state index in [9.17, 15) is 29.9 Å². The van der Waals surface area contributed by atoms with Gasteiger partial charge >= 0.3 is 11.8 Å². The highest BCUT2D eigenvalue weighted by Gasteiger charge is 2.55. The molecule has 4 atom stereocenters. The number of aliphatic hydroxyl groups is 2. The fourth-order valence-corrected chi connectivity index (χ4v) is 2.99.